The van der Waals surface area contributed by atoms with Gasteiger partial charge in [-0.3, -0.25) is 19.2 Å². The van der Waals surface area contributed by atoms with Crippen LogP contribution in [0.5, 0.6) is 0 Å². The summed E-state index contributed by atoms with van der Waals surface area (Å²) in [5.41, 5.74) is 2.93. The minimum atomic E-state index is -0.614. The molecule has 298 valence electrons. The van der Waals surface area contributed by atoms with Crippen molar-refractivity contribution in [1.29, 1.82) is 0 Å². The molecule has 2 aromatic rings. The predicted octanol–water partition coefficient (Wildman–Crippen LogP) is 5.13. The van der Waals surface area contributed by atoms with Gasteiger partial charge in [0.15, 0.2) is 0 Å². The quantitative estimate of drug-likeness (QED) is 0.222. The molecule has 13 nitrogen and oxygen atoms in total. The zero-order valence-corrected chi connectivity index (χ0v) is 34.2. The highest BCUT2D eigenvalue weighted by atomic mass is 16.5. The topological polar surface area (TPSA) is 152 Å². The number of nitrogens with one attached hydrogen (secondary N) is 2. The lowest BCUT2D eigenvalue weighted by Crippen LogP contribution is -2.54. The van der Waals surface area contributed by atoms with E-state index >= 15 is 0 Å². The second-order valence-electron chi connectivity index (χ2n) is 13.6. The first-order valence-corrected chi connectivity index (χ1v) is 18.7. The standard InChI is InChI=1S/C30H50N6O7.C7H8.C3H8/c1-10-18(2)27(35(6)25(38)16-32-30-33-19(3)14-20(4)34-30)23(41-7)15-24(37)36-13-11-12-22(36)28(43-9)21(5)29(40)31-17-26(39)42-8;1-7-5-3-2-4-6-7;1-3-2/h14,18,21-23,27-28H,10-13,15-17H2,1-9H3,(H,31,40)(H,32,33,34);2-6H,1H3;3H2,1-2H3. The van der Waals surface area contributed by atoms with Crippen LogP contribution >= 0.6 is 0 Å². The number of aromatic nitrogens is 2. The highest BCUT2D eigenvalue weighted by molar-refractivity contribution is 5.84. The number of likely N-dealkylation sites (tertiary alicyclic amines) is 1. The fourth-order valence-corrected chi connectivity index (χ4v) is 6.34. The van der Waals surface area contributed by atoms with E-state index in [2.05, 4.69) is 58.2 Å². The van der Waals surface area contributed by atoms with Crippen molar-refractivity contribution in [2.45, 2.75) is 112 Å². The molecule has 0 bridgehead atoms. The van der Waals surface area contributed by atoms with Crippen molar-refractivity contribution >= 4 is 29.6 Å². The molecule has 1 fully saturated rings. The molecule has 0 saturated carbocycles. The van der Waals surface area contributed by atoms with Crippen LogP contribution in [0.3, 0.4) is 0 Å². The lowest BCUT2D eigenvalue weighted by atomic mass is 9.90. The average Bonchev–Trinajstić information content (AvgIpc) is 3.62. The normalized spacial score (nSPS) is 16.3. The van der Waals surface area contributed by atoms with Crippen molar-refractivity contribution in [3.63, 3.8) is 0 Å². The van der Waals surface area contributed by atoms with Gasteiger partial charge in [0, 0.05) is 39.2 Å². The van der Waals surface area contributed by atoms with Crippen LogP contribution in [-0.4, -0.2) is 116 Å². The van der Waals surface area contributed by atoms with Gasteiger partial charge < -0.3 is 34.6 Å². The highest BCUT2D eigenvalue weighted by Crippen LogP contribution is 2.29. The largest absolute Gasteiger partial charge is 0.468 e. The molecule has 13 heteroatoms. The number of carbonyl (C=O) groups is 4. The highest BCUT2D eigenvalue weighted by Gasteiger charge is 2.42. The molecule has 3 amide bonds. The molecular formula is C40H66N6O7. The number of likely N-dealkylation sites (N-methyl/N-ethyl adjacent to an activating group) is 1. The van der Waals surface area contributed by atoms with E-state index < -0.39 is 24.1 Å². The fourth-order valence-electron chi connectivity index (χ4n) is 6.34. The van der Waals surface area contributed by atoms with Gasteiger partial charge in [0.05, 0.1) is 50.3 Å². The predicted molar refractivity (Wildman–Crippen MR) is 208 cm³/mol. The molecule has 3 rings (SSSR count). The lowest BCUT2D eigenvalue weighted by molar-refractivity contribution is -0.146. The maximum absolute atomic E-state index is 13.8. The van der Waals surface area contributed by atoms with Crippen LogP contribution in [0.25, 0.3) is 0 Å². The zero-order chi connectivity index (χ0) is 40.1. The minimum Gasteiger partial charge on any atom is -0.468 e. The molecule has 6 atom stereocenters. The summed E-state index contributed by atoms with van der Waals surface area (Å²) in [6.45, 7) is 16.2. The van der Waals surface area contributed by atoms with Crippen molar-refractivity contribution < 1.29 is 33.4 Å². The Hall–Kier alpha value is -4.10. The van der Waals surface area contributed by atoms with E-state index in [0.29, 0.717) is 18.9 Å². The molecule has 1 aromatic heterocycles. The Bertz CT molecular complexity index is 1370. The minimum absolute atomic E-state index is 0.00361. The number of aryl methyl sites for hydroxylation is 3. The van der Waals surface area contributed by atoms with Crippen molar-refractivity contribution in [2.24, 2.45) is 11.8 Å². The second kappa shape index (κ2) is 25.0. The van der Waals surface area contributed by atoms with E-state index in [-0.39, 0.29) is 55.2 Å². The van der Waals surface area contributed by atoms with E-state index in [1.165, 1.54) is 26.2 Å². The van der Waals surface area contributed by atoms with Crippen LogP contribution in [0.2, 0.25) is 0 Å². The number of nitrogens with zero attached hydrogens (tertiary/aromatic N) is 4. The number of ether oxygens (including phenoxy) is 3. The Balaban J connectivity index is 0.00000122. The summed E-state index contributed by atoms with van der Waals surface area (Å²) in [5, 5.41) is 5.59. The van der Waals surface area contributed by atoms with Crippen LogP contribution in [-0.2, 0) is 33.4 Å². The number of anilines is 1. The van der Waals surface area contributed by atoms with Gasteiger partial charge in [-0.1, -0.05) is 83.4 Å². The molecule has 2 heterocycles. The first kappa shape index (κ1) is 46.9. The summed E-state index contributed by atoms with van der Waals surface area (Å²) in [6, 6.07) is 11.4. The van der Waals surface area contributed by atoms with Gasteiger partial charge in [0.2, 0.25) is 23.7 Å². The van der Waals surface area contributed by atoms with Crippen LogP contribution in [0.1, 0.15) is 83.7 Å². The zero-order valence-electron chi connectivity index (χ0n) is 34.2. The maximum atomic E-state index is 13.8. The van der Waals surface area contributed by atoms with E-state index in [1.807, 2.05) is 52.0 Å². The monoisotopic (exact) mass is 742 g/mol. The third-order valence-electron chi connectivity index (χ3n) is 9.26. The number of methoxy groups -OCH3 is 3. The number of rotatable bonds is 16. The van der Waals surface area contributed by atoms with Crippen LogP contribution < -0.4 is 10.6 Å². The molecule has 1 aromatic carbocycles. The number of benzene rings is 1. The summed E-state index contributed by atoms with van der Waals surface area (Å²) in [4.78, 5) is 63.4. The molecule has 53 heavy (non-hydrogen) atoms. The molecule has 0 aliphatic carbocycles. The Kier molecular flexibility index (Phi) is 22.1. The van der Waals surface area contributed by atoms with Gasteiger partial charge in [-0.05, 0) is 45.6 Å². The third-order valence-corrected chi connectivity index (χ3v) is 9.26. The summed E-state index contributed by atoms with van der Waals surface area (Å²) >= 11 is 0. The Morgan fingerprint density at radius 2 is 1.55 bits per heavy atom. The van der Waals surface area contributed by atoms with Crippen molar-refractivity contribution in [1.82, 2.24) is 25.1 Å². The molecule has 1 aliphatic rings. The van der Waals surface area contributed by atoms with E-state index in [0.717, 1.165) is 24.2 Å². The molecule has 1 saturated heterocycles. The van der Waals surface area contributed by atoms with Crippen LogP contribution in [0.4, 0.5) is 5.95 Å². The number of amides is 3. The van der Waals surface area contributed by atoms with Crippen LogP contribution in [0, 0.1) is 32.6 Å². The SMILES string of the molecule is CCC.CCC(C)C(C(CC(=O)N1CCCC1C(OC)C(C)C(=O)NCC(=O)OC)OC)N(C)C(=O)CNc1nc(C)cc(C)n1.Cc1ccccc1. The number of esters is 1. The molecule has 0 spiro atoms. The fraction of sp³-hybridized carbons (Fsp3) is 0.650. The first-order valence-electron chi connectivity index (χ1n) is 18.7. The van der Waals surface area contributed by atoms with Gasteiger partial charge in [-0.2, -0.15) is 0 Å². The average molecular weight is 743 g/mol. The van der Waals surface area contributed by atoms with Gasteiger partial charge in [-0.25, -0.2) is 9.97 Å². The van der Waals surface area contributed by atoms with Gasteiger partial charge in [0.25, 0.3) is 0 Å². The molecular weight excluding hydrogens is 676 g/mol. The van der Waals surface area contributed by atoms with E-state index in [1.54, 1.807) is 30.9 Å². The van der Waals surface area contributed by atoms with Gasteiger partial charge in [-0.15, -0.1) is 0 Å². The second-order valence-corrected chi connectivity index (χ2v) is 13.6. The smallest absolute Gasteiger partial charge is 0.325 e. The number of hydrogen-bond acceptors (Lipinski definition) is 10. The van der Waals surface area contributed by atoms with Gasteiger partial charge >= 0.3 is 5.97 Å². The summed E-state index contributed by atoms with van der Waals surface area (Å²) in [6.07, 6.45) is 2.40. The first-order chi connectivity index (χ1) is 25.2. The number of hydrogen-bond donors (Lipinski definition) is 2. The Morgan fingerprint density at radius 1 is 0.943 bits per heavy atom. The summed E-state index contributed by atoms with van der Waals surface area (Å²) < 4.78 is 16.2. The lowest BCUT2D eigenvalue weighted by Gasteiger charge is -2.39. The Morgan fingerprint density at radius 3 is 2.04 bits per heavy atom. The maximum Gasteiger partial charge on any atom is 0.325 e. The summed E-state index contributed by atoms with van der Waals surface area (Å²) in [7, 11) is 6.06. The van der Waals surface area contributed by atoms with Crippen LogP contribution in [0.15, 0.2) is 36.4 Å². The molecule has 0 radical (unpaired) electrons. The number of carbonyl (C=O) groups excluding carboxylic acids is 4. The summed E-state index contributed by atoms with van der Waals surface area (Å²) in [5.74, 6) is -1.39. The Labute approximate surface area is 317 Å². The van der Waals surface area contributed by atoms with Crippen molar-refractivity contribution in [3.8, 4) is 0 Å². The third kappa shape index (κ3) is 15.8. The van der Waals surface area contributed by atoms with Crippen molar-refractivity contribution in [2.75, 3.05) is 53.3 Å². The van der Waals surface area contributed by atoms with Gasteiger partial charge in [0.1, 0.15) is 6.54 Å². The molecule has 1 aliphatic heterocycles. The van der Waals surface area contributed by atoms with Crippen molar-refractivity contribution in [3.05, 3.63) is 53.3 Å². The molecule has 6 unspecified atom stereocenters. The van der Waals surface area contributed by atoms with E-state index in [4.69, 9.17) is 9.47 Å². The molecule has 2 N–H and O–H groups in total. The van der Waals surface area contributed by atoms with E-state index in [9.17, 15) is 19.2 Å².